The van der Waals surface area contributed by atoms with Crippen molar-refractivity contribution in [2.45, 2.75) is 13.0 Å². The third kappa shape index (κ3) is 2.64. The van der Waals surface area contributed by atoms with Crippen LogP contribution in [0.4, 0.5) is 5.82 Å². The number of thiophene rings is 1. The first-order valence-electron chi connectivity index (χ1n) is 6.46. The SMILES string of the molecule is C[C@H](O)CNc1ncnc2sc(-c3ccccc3)cc12. The van der Waals surface area contributed by atoms with E-state index in [1.54, 1.807) is 24.6 Å². The topological polar surface area (TPSA) is 58.0 Å². The smallest absolute Gasteiger partial charge is 0.138 e. The number of hydrogen-bond donors (Lipinski definition) is 2. The maximum atomic E-state index is 9.37. The molecule has 5 heteroatoms. The van der Waals surface area contributed by atoms with E-state index in [1.165, 1.54) is 10.4 Å². The van der Waals surface area contributed by atoms with Crippen LogP contribution in [0.25, 0.3) is 20.7 Å². The van der Waals surface area contributed by atoms with Crippen molar-refractivity contribution in [1.29, 1.82) is 0 Å². The Morgan fingerprint density at radius 2 is 2.05 bits per heavy atom. The fourth-order valence-corrected chi connectivity index (χ4v) is 2.99. The van der Waals surface area contributed by atoms with E-state index >= 15 is 0 Å². The first-order valence-corrected chi connectivity index (χ1v) is 7.27. The summed E-state index contributed by atoms with van der Waals surface area (Å²) in [6.45, 7) is 2.22. The molecule has 102 valence electrons. The number of aromatic nitrogens is 2. The molecule has 4 nitrogen and oxygen atoms in total. The summed E-state index contributed by atoms with van der Waals surface area (Å²) in [6.07, 6.45) is 1.14. The van der Waals surface area contributed by atoms with E-state index in [-0.39, 0.29) is 0 Å². The fraction of sp³-hybridized carbons (Fsp3) is 0.200. The summed E-state index contributed by atoms with van der Waals surface area (Å²) in [7, 11) is 0. The van der Waals surface area contributed by atoms with E-state index in [2.05, 4.69) is 33.5 Å². The van der Waals surface area contributed by atoms with Gasteiger partial charge in [-0.25, -0.2) is 9.97 Å². The molecular weight excluding hydrogens is 270 g/mol. The zero-order valence-electron chi connectivity index (χ0n) is 11.1. The monoisotopic (exact) mass is 285 g/mol. The lowest BCUT2D eigenvalue weighted by Gasteiger charge is -2.07. The van der Waals surface area contributed by atoms with Gasteiger partial charge in [0, 0.05) is 11.4 Å². The highest BCUT2D eigenvalue weighted by Gasteiger charge is 2.10. The van der Waals surface area contributed by atoms with Crippen LogP contribution in [0, 0.1) is 0 Å². The molecular formula is C15H15N3OS. The van der Waals surface area contributed by atoms with Crippen molar-refractivity contribution in [3.05, 3.63) is 42.7 Å². The Bertz CT molecular complexity index is 709. The Kier molecular flexibility index (Phi) is 3.62. The molecule has 0 amide bonds. The first kappa shape index (κ1) is 13.0. The van der Waals surface area contributed by atoms with Crippen LogP contribution in [-0.4, -0.2) is 27.7 Å². The summed E-state index contributed by atoms with van der Waals surface area (Å²) in [5.41, 5.74) is 1.18. The summed E-state index contributed by atoms with van der Waals surface area (Å²) >= 11 is 1.65. The Morgan fingerprint density at radius 1 is 1.25 bits per heavy atom. The molecule has 0 unspecified atom stereocenters. The minimum atomic E-state index is -0.410. The molecule has 3 rings (SSSR count). The zero-order valence-corrected chi connectivity index (χ0v) is 11.9. The Morgan fingerprint density at radius 3 is 2.80 bits per heavy atom. The number of nitrogens with one attached hydrogen (secondary N) is 1. The second-order valence-electron chi connectivity index (χ2n) is 4.65. The van der Waals surface area contributed by atoms with Crippen LogP contribution in [0.5, 0.6) is 0 Å². The van der Waals surface area contributed by atoms with Gasteiger partial charge in [0.2, 0.25) is 0 Å². The zero-order chi connectivity index (χ0) is 13.9. The number of aliphatic hydroxyl groups is 1. The van der Waals surface area contributed by atoms with Crippen LogP contribution in [0.2, 0.25) is 0 Å². The predicted molar refractivity (Wildman–Crippen MR) is 83.0 cm³/mol. The van der Waals surface area contributed by atoms with E-state index in [1.807, 2.05) is 18.2 Å². The van der Waals surface area contributed by atoms with Crippen LogP contribution < -0.4 is 5.32 Å². The molecule has 2 N–H and O–H groups in total. The molecule has 1 aromatic carbocycles. The molecule has 0 saturated carbocycles. The Balaban J connectivity index is 2.00. The number of nitrogens with zero attached hydrogens (tertiary/aromatic N) is 2. The molecule has 0 aliphatic heterocycles. The van der Waals surface area contributed by atoms with Gasteiger partial charge in [-0.15, -0.1) is 11.3 Å². The van der Waals surface area contributed by atoms with E-state index in [0.29, 0.717) is 6.54 Å². The van der Waals surface area contributed by atoms with E-state index in [0.717, 1.165) is 16.0 Å². The van der Waals surface area contributed by atoms with Gasteiger partial charge in [0.15, 0.2) is 0 Å². The molecule has 0 aliphatic carbocycles. The minimum absolute atomic E-state index is 0.410. The Hall–Kier alpha value is -1.98. The standard InChI is InChI=1S/C15H15N3OS/c1-10(19)8-16-14-12-7-13(11-5-3-2-4-6-11)20-15(12)18-9-17-14/h2-7,9-10,19H,8H2,1H3,(H,16,17,18)/t10-/m0/s1. The predicted octanol–water partition coefficient (Wildman–Crippen LogP) is 3.15. The lowest BCUT2D eigenvalue weighted by atomic mass is 10.2. The van der Waals surface area contributed by atoms with Crippen LogP contribution in [0.1, 0.15) is 6.92 Å². The molecule has 20 heavy (non-hydrogen) atoms. The number of fused-ring (bicyclic) bond motifs is 1. The highest BCUT2D eigenvalue weighted by atomic mass is 32.1. The highest BCUT2D eigenvalue weighted by Crippen LogP contribution is 2.34. The number of rotatable bonds is 4. The highest BCUT2D eigenvalue weighted by molar-refractivity contribution is 7.21. The maximum absolute atomic E-state index is 9.37. The molecule has 0 radical (unpaired) electrons. The molecule has 2 heterocycles. The summed E-state index contributed by atoms with van der Waals surface area (Å²) in [6, 6.07) is 12.3. The van der Waals surface area contributed by atoms with Crippen molar-refractivity contribution in [3.63, 3.8) is 0 Å². The third-order valence-corrected chi connectivity index (χ3v) is 4.04. The summed E-state index contributed by atoms with van der Waals surface area (Å²) in [5.74, 6) is 0.773. The summed E-state index contributed by atoms with van der Waals surface area (Å²) < 4.78 is 0. The van der Waals surface area contributed by atoms with Gasteiger partial charge in [0.25, 0.3) is 0 Å². The van der Waals surface area contributed by atoms with Gasteiger partial charge in [-0.05, 0) is 18.6 Å². The van der Waals surface area contributed by atoms with Gasteiger partial charge in [-0.2, -0.15) is 0 Å². The van der Waals surface area contributed by atoms with Crippen LogP contribution in [-0.2, 0) is 0 Å². The molecule has 1 atom stereocenters. The first-order chi connectivity index (χ1) is 9.74. The lowest BCUT2D eigenvalue weighted by Crippen LogP contribution is -2.16. The normalized spacial score (nSPS) is 12.5. The molecule has 0 fully saturated rings. The summed E-state index contributed by atoms with van der Waals surface area (Å²) in [5, 5.41) is 13.5. The average molecular weight is 285 g/mol. The van der Waals surface area contributed by atoms with E-state index in [4.69, 9.17) is 0 Å². The van der Waals surface area contributed by atoms with Gasteiger partial charge < -0.3 is 10.4 Å². The lowest BCUT2D eigenvalue weighted by molar-refractivity contribution is 0.208. The quantitative estimate of drug-likeness (QED) is 0.773. The molecule has 0 bridgehead atoms. The van der Waals surface area contributed by atoms with Gasteiger partial charge in [-0.3, -0.25) is 0 Å². The van der Waals surface area contributed by atoms with Gasteiger partial charge in [0.05, 0.1) is 11.5 Å². The Labute approximate surface area is 121 Å². The fourth-order valence-electron chi connectivity index (χ4n) is 1.99. The maximum Gasteiger partial charge on any atom is 0.138 e. The van der Waals surface area contributed by atoms with Gasteiger partial charge in [0.1, 0.15) is 17.0 Å². The number of aliphatic hydroxyl groups excluding tert-OH is 1. The van der Waals surface area contributed by atoms with E-state index in [9.17, 15) is 5.11 Å². The molecule has 3 aromatic rings. The third-order valence-electron chi connectivity index (χ3n) is 2.95. The molecule has 0 aliphatic rings. The van der Waals surface area contributed by atoms with Crippen molar-refractivity contribution in [3.8, 4) is 10.4 Å². The van der Waals surface area contributed by atoms with Crippen molar-refractivity contribution in [1.82, 2.24) is 9.97 Å². The van der Waals surface area contributed by atoms with Crippen molar-refractivity contribution >= 4 is 27.4 Å². The van der Waals surface area contributed by atoms with Crippen LogP contribution in [0.3, 0.4) is 0 Å². The van der Waals surface area contributed by atoms with Gasteiger partial charge >= 0.3 is 0 Å². The average Bonchev–Trinajstić information content (AvgIpc) is 2.90. The number of benzene rings is 1. The number of hydrogen-bond acceptors (Lipinski definition) is 5. The second kappa shape index (κ2) is 5.56. The van der Waals surface area contributed by atoms with Gasteiger partial charge in [-0.1, -0.05) is 30.3 Å². The summed E-state index contributed by atoms with van der Waals surface area (Å²) in [4.78, 5) is 10.7. The van der Waals surface area contributed by atoms with E-state index < -0.39 is 6.10 Å². The molecule has 0 spiro atoms. The van der Waals surface area contributed by atoms with Crippen LogP contribution >= 0.6 is 11.3 Å². The van der Waals surface area contributed by atoms with Crippen molar-refractivity contribution in [2.24, 2.45) is 0 Å². The van der Waals surface area contributed by atoms with Crippen LogP contribution in [0.15, 0.2) is 42.7 Å². The molecule has 0 saturated heterocycles. The van der Waals surface area contributed by atoms with Crippen molar-refractivity contribution < 1.29 is 5.11 Å². The largest absolute Gasteiger partial charge is 0.392 e. The second-order valence-corrected chi connectivity index (χ2v) is 5.68. The molecule has 2 aromatic heterocycles. The minimum Gasteiger partial charge on any atom is -0.392 e. The number of anilines is 1. The van der Waals surface area contributed by atoms with Crippen molar-refractivity contribution in [2.75, 3.05) is 11.9 Å².